The van der Waals surface area contributed by atoms with Gasteiger partial charge in [0.15, 0.2) is 0 Å². The highest BCUT2D eigenvalue weighted by atomic mass is 16.5. The van der Waals surface area contributed by atoms with Crippen molar-refractivity contribution in [2.24, 2.45) is 0 Å². The van der Waals surface area contributed by atoms with Crippen LogP contribution in [-0.2, 0) is 0 Å². The molecule has 4 heteroatoms. The monoisotopic (exact) mass is 257 g/mol. The van der Waals surface area contributed by atoms with Gasteiger partial charge in [0.25, 0.3) is 0 Å². The summed E-state index contributed by atoms with van der Waals surface area (Å²) in [5.41, 5.74) is 2.57. The number of rotatable bonds is 4. The van der Waals surface area contributed by atoms with Crippen molar-refractivity contribution < 1.29 is 4.74 Å². The predicted octanol–water partition coefficient (Wildman–Crippen LogP) is 3.74. The lowest BCUT2D eigenvalue weighted by Gasteiger charge is -2.12. The zero-order valence-electron chi connectivity index (χ0n) is 11.8. The Bertz CT molecular complexity index is 567. The Morgan fingerprint density at radius 1 is 1.21 bits per heavy atom. The Morgan fingerprint density at radius 2 is 2.00 bits per heavy atom. The molecule has 0 bridgehead atoms. The second-order valence-corrected chi connectivity index (χ2v) is 4.74. The largest absolute Gasteiger partial charge is 0.439 e. The van der Waals surface area contributed by atoms with Crippen LogP contribution in [0.25, 0.3) is 0 Å². The minimum atomic E-state index is 0.518. The van der Waals surface area contributed by atoms with Crippen molar-refractivity contribution in [1.29, 1.82) is 0 Å². The van der Waals surface area contributed by atoms with Crippen LogP contribution < -0.4 is 10.1 Å². The van der Waals surface area contributed by atoms with Crippen LogP contribution in [-0.4, -0.2) is 17.0 Å². The molecule has 100 valence electrons. The van der Waals surface area contributed by atoms with E-state index in [4.69, 9.17) is 4.74 Å². The van der Waals surface area contributed by atoms with Crippen LogP contribution in [0.5, 0.6) is 11.6 Å². The zero-order valence-corrected chi connectivity index (χ0v) is 11.8. The maximum atomic E-state index is 5.75. The van der Waals surface area contributed by atoms with Crippen molar-refractivity contribution in [3.05, 3.63) is 41.6 Å². The highest BCUT2D eigenvalue weighted by Gasteiger charge is 2.06. The topological polar surface area (TPSA) is 47.0 Å². The average molecular weight is 257 g/mol. The number of nitrogens with zero attached hydrogens (tertiary/aromatic N) is 2. The van der Waals surface area contributed by atoms with Gasteiger partial charge in [0.1, 0.15) is 5.75 Å². The van der Waals surface area contributed by atoms with Gasteiger partial charge in [0, 0.05) is 19.3 Å². The van der Waals surface area contributed by atoms with Gasteiger partial charge < -0.3 is 10.1 Å². The fraction of sp³-hybridized carbons (Fsp3) is 0.333. The SMILES string of the molecule is CNc1nccc(Oc2ccc(C(C)C)c(C)c2)n1. The first-order valence-electron chi connectivity index (χ1n) is 6.39. The fourth-order valence-corrected chi connectivity index (χ4v) is 2.00. The van der Waals surface area contributed by atoms with Crippen LogP contribution in [0.1, 0.15) is 30.9 Å². The van der Waals surface area contributed by atoms with Crippen molar-refractivity contribution in [2.75, 3.05) is 12.4 Å². The molecule has 19 heavy (non-hydrogen) atoms. The third-order valence-electron chi connectivity index (χ3n) is 2.94. The Hall–Kier alpha value is -2.10. The number of aromatic nitrogens is 2. The maximum absolute atomic E-state index is 5.75. The third kappa shape index (κ3) is 3.22. The summed E-state index contributed by atoms with van der Waals surface area (Å²) in [6.45, 7) is 6.47. The van der Waals surface area contributed by atoms with Crippen molar-refractivity contribution in [3.8, 4) is 11.6 Å². The highest BCUT2D eigenvalue weighted by Crippen LogP contribution is 2.26. The van der Waals surface area contributed by atoms with Gasteiger partial charge in [-0.3, -0.25) is 0 Å². The first-order valence-corrected chi connectivity index (χ1v) is 6.39. The first kappa shape index (κ1) is 13.3. The lowest BCUT2D eigenvalue weighted by atomic mass is 9.98. The quantitative estimate of drug-likeness (QED) is 0.906. The molecular weight excluding hydrogens is 238 g/mol. The third-order valence-corrected chi connectivity index (χ3v) is 2.94. The van der Waals surface area contributed by atoms with Crippen LogP contribution in [0.4, 0.5) is 5.95 Å². The van der Waals surface area contributed by atoms with E-state index < -0.39 is 0 Å². The minimum Gasteiger partial charge on any atom is -0.439 e. The summed E-state index contributed by atoms with van der Waals surface area (Å²) in [6, 6.07) is 7.86. The van der Waals surface area contributed by atoms with Crippen LogP contribution >= 0.6 is 0 Å². The molecule has 0 amide bonds. The molecule has 0 saturated heterocycles. The maximum Gasteiger partial charge on any atom is 0.225 e. The van der Waals surface area contributed by atoms with Crippen LogP contribution in [0.2, 0.25) is 0 Å². The Kier molecular flexibility index (Phi) is 4.00. The number of aryl methyl sites for hydroxylation is 1. The summed E-state index contributed by atoms with van der Waals surface area (Å²) in [6.07, 6.45) is 1.67. The second kappa shape index (κ2) is 5.69. The van der Waals surface area contributed by atoms with E-state index in [0.29, 0.717) is 17.7 Å². The molecule has 1 aromatic heterocycles. The predicted molar refractivity (Wildman–Crippen MR) is 76.9 cm³/mol. The number of hydrogen-bond donors (Lipinski definition) is 1. The molecule has 2 rings (SSSR count). The van der Waals surface area contributed by atoms with Gasteiger partial charge in [0.05, 0.1) is 0 Å². The van der Waals surface area contributed by atoms with Crippen molar-refractivity contribution in [1.82, 2.24) is 9.97 Å². The van der Waals surface area contributed by atoms with Crippen LogP contribution in [0, 0.1) is 6.92 Å². The molecule has 0 atom stereocenters. The number of ether oxygens (including phenoxy) is 1. The molecule has 0 radical (unpaired) electrons. The number of hydrogen-bond acceptors (Lipinski definition) is 4. The van der Waals surface area contributed by atoms with E-state index in [2.05, 4.69) is 42.1 Å². The molecule has 0 aliphatic rings. The van der Waals surface area contributed by atoms with Crippen LogP contribution in [0.3, 0.4) is 0 Å². The van der Waals surface area contributed by atoms with Crippen molar-refractivity contribution in [3.63, 3.8) is 0 Å². The zero-order chi connectivity index (χ0) is 13.8. The van der Waals surface area contributed by atoms with Gasteiger partial charge >= 0.3 is 0 Å². The Balaban J connectivity index is 2.21. The van der Waals surface area contributed by atoms with Gasteiger partial charge in [-0.15, -0.1) is 0 Å². The van der Waals surface area contributed by atoms with Gasteiger partial charge in [-0.2, -0.15) is 4.98 Å². The summed E-state index contributed by atoms with van der Waals surface area (Å²) in [5, 5.41) is 2.89. The van der Waals surface area contributed by atoms with Crippen LogP contribution in [0.15, 0.2) is 30.5 Å². The van der Waals surface area contributed by atoms with E-state index in [9.17, 15) is 0 Å². The molecule has 0 unspecified atom stereocenters. The number of nitrogens with one attached hydrogen (secondary N) is 1. The lowest BCUT2D eigenvalue weighted by Crippen LogP contribution is -1.98. The average Bonchev–Trinajstić information content (AvgIpc) is 2.38. The summed E-state index contributed by atoms with van der Waals surface area (Å²) >= 11 is 0. The smallest absolute Gasteiger partial charge is 0.225 e. The second-order valence-electron chi connectivity index (χ2n) is 4.74. The Morgan fingerprint density at radius 3 is 2.63 bits per heavy atom. The van der Waals surface area contributed by atoms with E-state index in [0.717, 1.165) is 5.75 Å². The molecule has 2 aromatic rings. The summed E-state index contributed by atoms with van der Waals surface area (Å²) in [7, 11) is 1.78. The lowest BCUT2D eigenvalue weighted by molar-refractivity contribution is 0.461. The number of benzene rings is 1. The van der Waals surface area contributed by atoms with E-state index in [-0.39, 0.29) is 0 Å². The van der Waals surface area contributed by atoms with Gasteiger partial charge in [-0.25, -0.2) is 4.98 Å². The first-order chi connectivity index (χ1) is 9.10. The molecule has 1 N–H and O–H groups in total. The molecule has 1 aromatic carbocycles. The Labute approximate surface area is 113 Å². The normalized spacial score (nSPS) is 10.6. The van der Waals surface area contributed by atoms with E-state index >= 15 is 0 Å². The molecule has 0 saturated carbocycles. The molecule has 0 aliphatic carbocycles. The molecule has 0 fully saturated rings. The summed E-state index contributed by atoms with van der Waals surface area (Å²) in [5.74, 6) is 2.40. The highest BCUT2D eigenvalue weighted by molar-refractivity contribution is 5.38. The van der Waals surface area contributed by atoms with E-state index in [1.54, 1.807) is 19.3 Å². The van der Waals surface area contributed by atoms with E-state index in [1.807, 2.05) is 12.1 Å². The van der Waals surface area contributed by atoms with E-state index in [1.165, 1.54) is 11.1 Å². The van der Waals surface area contributed by atoms with Gasteiger partial charge in [-0.1, -0.05) is 19.9 Å². The molecule has 4 nitrogen and oxygen atoms in total. The van der Waals surface area contributed by atoms with Crippen molar-refractivity contribution >= 4 is 5.95 Å². The minimum absolute atomic E-state index is 0.518. The summed E-state index contributed by atoms with van der Waals surface area (Å²) < 4.78 is 5.75. The molecule has 0 spiro atoms. The standard InChI is InChI=1S/C15H19N3O/c1-10(2)13-6-5-12(9-11(13)3)19-14-7-8-17-15(16-4)18-14/h5-10H,1-4H3,(H,16,17,18). The number of anilines is 1. The summed E-state index contributed by atoms with van der Waals surface area (Å²) in [4.78, 5) is 8.28. The van der Waals surface area contributed by atoms with Gasteiger partial charge in [-0.05, 0) is 36.1 Å². The molecule has 1 heterocycles. The fourth-order valence-electron chi connectivity index (χ4n) is 2.00. The van der Waals surface area contributed by atoms with Crippen molar-refractivity contribution in [2.45, 2.75) is 26.7 Å². The van der Waals surface area contributed by atoms with Gasteiger partial charge in [0.2, 0.25) is 11.8 Å². The molecule has 0 aliphatic heterocycles. The molecular formula is C15H19N3O.